The van der Waals surface area contributed by atoms with E-state index in [0.717, 1.165) is 29.1 Å². The van der Waals surface area contributed by atoms with Crippen LogP contribution in [0.2, 0.25) is 5.02 Å². The highest BCUT2D eigenvalue weighted by molar-refractivity contribution is 6.30. The molecular formula is C12H13ClN2O. The summed E-state index contributed by atoms with van der Waals surface area (Å²) in [6.45, 7) is 0.931. The Labute approximate surface area is 99.3 Å². The van der Waals surface area contributed by atoms with Crippen LogP contribution in [-0.4, -0.2) is 21.5 Å². The molecule has 0 radical (unpaired) electrons. The normalized spacial score (nSPS) is 10.6. The number of halogens is 1. The van der Waals surface area contributed by atoms with Crippen molar-refractivity contribution in [2.45, 2.75) is 13.0 Å². The lowest BCUT2D eigenvalue weighted by Gasteiger charge is -1.98. The molecule has 2 rings (SSSR count). The van der Waals surface area contributed by atoms with Crippen LogP contribution in [0.3, 0.4) is 0 Å². The monoisotopic (exact) mass is 236 g/mol. The second-order valence-electron chi connectivity index (χ2n) is 3.58. The Morgan fingerprint density at radius 3 is 2.62 bits per heavy atom. The highest BCUT2D eigenvalue weighted by Crippen LogP contribution is 2.20. The lowest BCUT2D eigenvalue weighted by atomic mass is 10.1. The zero-order valence-corrected chi connectivity index (χ0v) is 9.56. The second-order valence-corrected chi connectivity index (χ2v) is 4.01. The number of aliphatic hydroxyl groups excluding tert-OH is 1. The molecule has 0 saturated carbocycles. The summed E-state index contributed by atoms with van der Waals surface area (Å²) in [5, 5.41) is 13.7. The molecule has 0 fully saturated rings. The lowest BCUT2D eigenvalue weighted by molar-refractivity contribution is 0.277. The first-order valence-corrected chi connectivity index (χ1v) is 5.56. The van der Waals surface area contributed by atoms with E-state index in [1.54, 1.807) is 0 Å². The molecule has 0 bridgehead atoms. The SMILES string of the molecule is OCCCn1cc(-c2ccc(Cl)cc2)cn1. The van der Waals surface area contributed by atoms with Crippen molar-refractivity contribution < 1.29 is 5.11 Å². The molecule has 0 saturated heterocycles. The van der Waals surface area contributed by atoms with Gasteiger partial charge in [-0.1, -0.05) is 23.7 Å². The molecule has 1 heterocycles. The summed E-state index contributed by atoms with van der Waals surface area (Å²) in [6, 6.07) is 7.66. The Balaban J connectivity index is 2.15. The van der Waals surface area contributed by atoms with Crippen molar-refractivity contribution >= 4 is 11.6 Å². The van der Waals surface area contributed by atoms with Crippen LogP contribution in [0.1, 0.15) is 6.42 Å². The van der Waals surface area contributed by atoms with Gasteiger partial charge in [0.05, 0.1) is 6.20 Å². The van der Waals surface area contributed by atoms with Crippen molar-refractivity contribution in [2.24, 2.45) is 0 Å². The maximum absolute atomic E-state index is 8.73. The smallest absolute Gasteiger partial charge is 0.0568 e. The van der Waals surface area contributed by atoms with Crippen LogP contribution in [0.4, 0.5) is 0 Å². The third kappa shape index (κ3) is 2.62. The van der Waals surface area contributed by atoms with Gasteiger partial charge in [0.2, 0.25) is 0 Å². The third-order valence-corrected chi connectivity index (χ3v) is 2.61. The Morgan fingerprint density at radius 2 is 1.94 bits per heavy atom. The predicted molar refractivity (Wildman–Crippen MR) is 64.4 cm³/mol. The molecule has 0 aliphatic heterocycles. The van der Waals surface area contributed by atoms with Crippen molar-refractivity contribution in [3.05, 3.63) is 41.7 Å². The van der Waals surface area contributed by atoms with Gasteiger partial charge in [0.1, 0.15) is 0 Å². The summed E-state index contributed by atoms with van der Waals surface area (Å²) in [6.07, 6.45) is 4.52. The van der Waals surface area contributed by atoms with E-state index in [-0.39, 0.29) is 6.61 Å². The fourth-order valence-corrected chi connectivity index (χ4v) is 1.64. The summed E-state index contributed by atoms with van der Waals surface area (Å²) in [7, 11) is 0. The Kier molecular flexibility index (Phi) is 3.59. The van der Waals surface area contributed by atoms with Crippen molar-refractivity contribution in [1.82, 2.24) is 9.78 Å². The number of hydrogen-bond donors (Lipinski definition) is 1. The number of rotatable bonds is 4. The summed E-state index contributed by atoms with van der Waals surface area (Å²) in [5.74, 6) is 0. The molecule has 4 heteroatoms. The Morgan fingerprint density at radius 1 is 1.19 bits per heavy atom. The average Bonchev–Trinajstić information content (AvgIpc) is 2.76. The first-order chi connectivity index (χ1) is 7.79. The van der Waals surface area contributed by atoms with Crippen molar-refractivity contribution in [3.8, 4) is 11.1 Å². The van der Waals surface area contributed by atoms with Crippen molar-refractivity contribution in [2.75, 3.05) is 6.61 Å². The zero-order chi connectivity index (χ0) is 11.4. The Hall–Kier alpha value is -1.32. The molecule has 16 heavy (non-hydrogen) atoms. The number of hydrogen-bond acceptors (Lipinski definition) is 2. The van der Waals surface area contributed by atoms with Crippen LogP contribution < -0.4 is 0 Å². The van der Waals surface area contributed by atoms with Gasteiger partial charge in [0, 0.05) is 29.9 Å². The molecule has 1 aromatic carbocycles. The number of nitrogens with zero attached hydrogens (tertiary/aromatic N) is 2. The summed E-state index contributed by atoms with van der Waals surface area (Å²) >= 11 is 5.82. The number of aromatic nitrogens is 2. The molecule has 0 aliphatic carbocycles. The van der Waals surface area contributed by atoms with Gasteiger partial charge in [-0.2, -0.15) is 5.10 Å². The topological polar surface area (TPSA) is 38.0 Å². The second kappa shape index (κ2) is 5.14. The maximum atomic E-state index is 8.73. The van der Waals surface area contributed by atoms with Crippen LogP contribution in [0.15, 0.2) is 36.7 Å². The molecule has 0 atom stereocenters. The zero-order valence-electron chi connectivity index (χ0n) is 8.81. The molecule has 3 nitrogen and oxygen atoms in total. The predicted octanol–water partition coefficient (Wildman–Crippen LogP) is 2.59. The van der Waals surface area contributed by atoms with E-state index in [2.05, 4.69) is 5.10 Å². The van der Waals surface area contributed by atoms with E-state index in [9.17, 15) is 0 Å². The molecule has 0 spiro atoms. The van der Waals surface area contributed by atoms with Gasteiger partial charge in [-0.15, -0.1) is 0 Å². The van der Waals surface area contributed by atoms with Gasteiger partial charge in [-0.3, -0.25) is 4.68 Å². The third-order valence-electron chi connectivity index (χ3n) is 2.36. The van der Waals surface area contributed by atoms with E-state index in [1.807, 2.05) is 41.3 Å². The van der Waals surface area contributed by atoms with Crippen molar-refractivity contribution in [1.29, 1.82) is 0 Å². The van der Waals surface area contributed by atoms with Crippen LogP contribution in [0, 0.1) is 0 Å². The molecule has 84 valence electrons. The van der Waals surface area contributed by atoms with Gasteiger partial charge in [-0.25, -0.2) is 0 Å². The number of aryl methyl sites for hydroxylation is 1. The van der Waals surface area contributed by atoms with Crippen molar-refractivity contribution in [3.63, 3.8) is 0 Å². The quantitative estimate of drug-likeness (QED) is 0.886. The van der Waals surface area contributed by atoms with E-state index < -0.39 is 0 Å². The number of aliphatic hydroxyl groups is 1. The fraction of sp³-hybridized carbons (Fsp3) is 0.250. The minimum Gasteiger partial charge on any atom is -0.396 e. The molecule has 0 amide bonds. The van der Waals surface area contributed by atoms with E-state index in [4.69, 9.17) is 16.7 Å². The summed E-state index contributed by atoms with van der Waals surface area (Å²) < 4.78 is 1.83. The lowest BCUT2D eigenvalue weighted by Crippen LogP contribution is -1.99. The summed E-state index contributed by atoms with van der Waals surface area (Å²) in [4.78, 5) is 0. The molecule has 1 aromatic heterocycles. The average molecular weight is 237 g/mol. The van der Waals surface area contributed by atoms with Gasteiger partial charge in [0.15, 0.2) is 0 Å². The first kappa shape index (κ1) is 11.2. The van der Waals surface area contributed by atoms with E-state index >= 15 is 0 Å². The van der Waals surface area contributed by atoms with Crippen LogP contribution in [-0.2, 0) is 6.54 Å². The van der Waals surface area contributed by atoms with Gasteiger partial charge in [-0.05, 0) is 24.1 Å². The highest BCUT2D eigenvalue weighted by atomic mass is 35.5. The van der Waals surface area contributed by atoms with E-state index in [0.29, 0.717) is 0 Å². The molecule has 0 aliphatic rings. The van der Waals surface area contributed by atoms with E-state index in [1.165, 1.54) is 0 Å². The van der Waals surface area contributed by atoms with Gasteiger partial charge < -0.3 is 5.11 Å². The number of benzene rings is 1. The molecular weight excluding hydrogens is 224 g/mol. The minimum atomic E-state index is 0.191. The summed E-state index contributed by atoms with van der Waals surface area (Å²) in [5.41, 5.74) is 2.16. The maximum Gasteiger partial charge on any atom is 0.0568 e. The van der Waals surface area contributed by atoms with Crippen LogP contribution in [0.25, 0.3) is 11.1 Å². The molecule has 2 aromatic rings. The minimum absolute atomic E-state index is 0.191. The largest absolute Gasteiger partial charge is 0.396 e. The Bertz CT molecular complexity index is 450. The standard InChI is InChI=1S/C12H13ClN2O/c13-12-4-2-10(3-5-12)11-8-14-15(9-11)6-1-7-16/h2-5,8-9,16H,1,6-7H2. The van der Waals surface area contributed by atoms with Crippen LogP contribution >= 0.6 is 11.6 Å². The van der Waals surface area contributed by atoms with Gasteiger partial charge >= 0.3 is 0 Å². The first-order valence-electron chi connectivity index (χ1n) is 5.19. The van der Waals surface area contributed by atoms with Crippen LogP contribution in [0.5, 0.6) is 0 Å². The van der Waals surface area contributed by atoms with Gasteiger partial charge in [0.25, 0.3) is 0 Å². The molecule has 0 unspecified atom stereocenters. The molecule has 1 N–H and O–H groups in total. The fourth-order valence-electron chi connectivity index (χ4n) is 1.51. The highest BCUT2D eigenvalue weighted by Gasteiger charge is 2.01.